The van der Waals surface area contributed by atoms with Crippen LogP contribution < -0.4 is 29.8 Å². The molecule has 0 spiro atoms. The Hall–Kier alpha value is -4.43. The summed E-state index contributed by atoms with van der Waals surface area (Å²) < 4.78 is 7.44. The lowest BCUT2D eigenvalue weighted by atomic mass is 9.94. The average Bonchev–Trinajstić information content (AvgIpc) is 3.23. The second kappa shape index (κ2) is 10.7. The number of carbonyl (C=O) groups is 1. The number of nitrogens with one attached hydrogen (secondary N) is 1. The lowest BCUT2D eigenvalue weighted by molar-refractivity contribution is -0.113. The van der Waals surface area contributed by atoms with Crippen molar-refractivity contribution in [2.24, 2.45) is 4.99 Å². The highest BCUT2D eigenvalue weighted by Gasteiger charge is 2.32. The van der Waals surface area contributed by atoms with Crippen molar-refractivity contribution in [2.75, 3.05) is 31.4 Å². The van der Waals surface area contributed by atoms with Crippen LogP contribution >= 0.6 is 11.3 Å². The van der Waals surface area contributed by atoms with Crippen LogP contribution in [0.15, 0.2) is 93.9 Å². The Labute approximate surface area is 231 Å². The van der Waals surface area contributed by atoms with Crippen LogP contribution in [0.1, 0.15) is 29.7 Å². The number of hydrogen-bond acceptors (Lipinski definition) is 6. The highest BCUT2D eigenvalue weighted by molar-refractivity contribution is 7.07. The number of benzene rings is 3. The molecule has 0 aliphatic carbocycles. The zero-order valence-electron chi connectivity index (χ0n) is 22.6. The Kier molecular flexibility index (Phi) is 7.21. The maximum absolute atomic E-state index is 13.9. The van der Waals surface area contributed by atoms with Crippen LogP contribution in [0.2, 0.25) is 0 Å². The molecular formula is C31H30N4O3S. The van der Waals surface area contributed by atoms with E-state index in [2.05, 4.69) is 5.32 Å². The van der Waals surface area contributed by atoms with Crippen LogP contribution in [0.25, 0.3) is 6.08 Å². The fourth-order valence-corrected chi connectivity index (χ4v) is 5.68. The van der Waals surface area contributed by atoms with Crippen molar-refractivity contribution in [3.8, 4) is 5.75 Å². The predicted molar refractivity (Wildman–Crippen MR) is 157 cm³/mol. The van der Waals surface area contributed by atoms with Crippen LogP contribution in [-0.2, 0) is 4.79 Å². The van der Waals surface area contributed by atoms with Crippen molar-refractivity contribution in [1.29, 1.82) is 0 Å². The minimum absolute atomic E-state index is 0.190. The number of thiazole rings is 1. The molecule has 5 rings (SSSR count). The van der Waals surface area contributed by atoms with Crippen LogP contribution in [0, 0.1) is 6.92 Å². The molecule has 1 aliphatic heterocycles. The first kappa shape index (κ1) is 26.2. The summed E-state index contributed by atoms with van der Waals surface area (Å²) in [5, 5.41) is 3.05. The molecule has 7 nitrogen and oxygen atoms in total. The molecular weight excluding hydrogens is 508 g/mol. The zero-order chi connectivity index (χ0) is 27.7. The minimum Gasteiger partial charge on any atom is -0.497 e. The van der Waals surface area contributed by atoms with E-state index < -0.39 is 6.04 Å². The van der Waals surface area contributed by atoms with Crippen molar-refractivity contribution in [3.63, 3.8) is 0 Å². The Morgan fingerprint density at radius 1 is 1.03 bits per heavy atom. The van der Waals surface area contributed by atoms with E-state index in [1.165, 1.54) is 11.3 Å². The Morgan fingerprint density at radius 3 is 2.36 bits per heavy atom. The molecule has 0 radical (unpaired) electrons. The molecule has 1 aliphatic rings. The lowest BCUT2D eigenvalue weighted by Gasteiger charge is -2.26. The molecule has 0 unspecified atom stereocenters. The second-order valence-electron chi connectivity index (χ2n) is 9.61. The van der Waals surface area contributed by atoms with Crippen molar-refractivity contribution < 1.29 is 9.53 Å². The number of fused-ring (bicyclic) bond motifs is 1. The number of carbonyl (C=O) groups excluding carboxylic acids is 1. The predicted octanol–water partition coefficient (Wildman–Crippen LogP) is 4.26. The molecule has 1 amide bonds. The summed E-state index contributed by atoms with van der Waals surface area (Å²) in [5.74, 6) is 0.464. The summed E-state index contributed by atoms with van der Waals surface area (Å²) in [6.07, 6.45) is 1.85. The van der Waals surface area contributed by atoms with Gasteiger partial charge in [-0.15, -0.1) is 0 Å². The molecule has 1 aromatic heterocycles. The highest BCUT2D eigenvalue weighted by Crippen LogP contribution is 2.32. The summed E-state index contributed by atoms with van der Waals surface area (Å²) in [6.45, 7) is 3.77. The zero-order valence-corrected chi connectivity index (χ0v) is 23.4. The minimum atomic E-state index is -0.625. The Bertz CT molecular complexity index is 1750. The molecule has 198 valence electrons. The Morgan fingerprint density at radius 2 is 1.72 bits per heavy atom. The molecule has 1 N–H and O–H groups in total. The number of methoxy groups -OCH3 is 1. The Balaban J connectivity index is 1.65. The third-order valence-corrected chi connectivity index (χ3v) is 7.78. The van der Waals surface area contributed by atoms with E-state index in [0.717, 1.165) is 33.8 Å². The molecule has 1 atom stereocenters. The van der Waals surface area contributed by atoms with Gasteiger partial charge in [0.25, 0.3) is 11.5 Å². The molecule has 0 bridgehead atoms. The van der Waals surface area contributed by atoms with Gasteiger partial charge < -0.3 is 15.0 Å². The van der Waals surface area contributed by atoms with Gasteiger partial charge in [-0.3, -0.25) is 14.2 Å². The van der Waals surface area contributed by atoms with E-state index in [4.69, 9.17) is 9.73 Å². The van der Waals surface area contributed by atoms with Gasteiger partial charge in [0.1, 0.15) is 5.75 Å². The molecule has 0 fully saturated rings. The van der Waals surface area contributed by atoms with Crippen molar-refractivity contribution in [1.82, 2.24) is 4.57 Å². The molecule has 3 aromatic carbocycles. The summed E-state index contributed by atoms with van der Waals surface area (Å²) in [7, 11) is 5.57. The second-order valence-corrected chi connectivity index (χ2v) is 10.6. The number of aryl methyl sites for hydroxylation is 1. The van der Waals surface area contributed by atoms with Crippen molar-refractivity contribution in [3.05, 3.63) is 120 Å². The normalized spacial score (nSPS) is 15.0. The smallest absolute Gasteiger partial charge is 0.271 e. The van der Waals surface area contributed by atoms with E-state index in [1.54, 1.807) is 11.7 Å². The van der Waals surface area contributed by atoms with Gasteiger partial charge in [0.2, 0.25) is 0 Å². The number of rotatable bonds is 6. The molecule has 0 saturated carbocycles. The third-order valence-electron chi connectivity index (χ3n) is 6.80. The van der Waals surface area contributed by atoms with E-state index in [0.29, 0.717) is 20.6 Å². The number of anilines is 2. The van der Waals surface area contributed by atoms with Crippen LogP contribution in [0.5, 0.6) is 5.75 Å². The molecule has 39 heavy (non-hydrogen) atoms. The van der Waals surface area contributed by atoms with E-state index in [1.807, 2.05) is 112 Å². The van der Waals surface area contributed by atoms with Gasteiger partial charge in [-0.05, 0) is 66.9 Å². The van der Waals surface area contributed by atoms with Crippen LogP contribution in [0.4, 0.5) is 11.4 Å². The monoisotopic (exact) mass is 538 g/mol. The van der Waals surface area contributed by atoms with Gasteiger partial charge in [0.15, 0.2) is 4.80 Å². The number of amides is 1. The average molecular weight is 539 g/mol. The quantitative estimate of drug-likeness (QED) is 0.398. The molecule has 4 aromatic rings. The maximum atomic E-state index is 13.9. The van der Waals surface area contributed by atoms with E-state index in [-0.39, 0.29) is 11.5 Å². The molecule has 8 heteroatoms. The number of allylic oxidation sites excluding steroid dienone is 1. The van der Waals surface area contributed by atoms with Gasteiger partial charge in [-0.25, -0.2) is 4.99 Å². The largest absolute Gasteiger partial charge is 0.497 e. The van der Waals surface area contributed by atoms with E-state index in [9.17, 15) is 9.59 Å². The fourth-order valence-electron chi connectivity index (χ4n) is 4.64. The number of hydrogen-bond donors (Lipinski definition) is 1. The first-order chi connectivity index (χ1) is 18.8. The highest BCUT2D eigenvalue weighted by atomic mass is 32.1. The van der Waals surface area contributed by atoms with Gasteiger partial charge >= 0.3 is 0 Å². The van der Waals surface area contributed by atoms with Crippen molar-refractivity contribution >= 4 is 34.7 Å². The number of ether oxygens (including phenoxy) is 1. The topological polar surface area (TPSA) is 75.9 Å². The van der Waals surface area contributed by atoms with Gasteiger partial charge in [-0.1, -0.05) is 53.8 Å². The first-order valence-corrected chi connectivity index (χ1v) is 13.4. The van der Waals surface area contributed by atoms with E-state index >= 15 is 0 Å². The maximum Gasteiger partial charge on any atom is 0.271 e. The summed E-state index contributed by atoms with van der Waals surface area (Å²) in [4.78, 5) is 35.0. The lowest BCUT2D eigenvalue weighted by Crippen LogP contribution is -2.40. The molecule has 2 heterocycles. The first-order valence-electron chi connectivity index (χ1n) is 12.6. The van der Waals surface area contributed by atoms with Crippen LogP contribution in [0.3, 0.4) is 0 Å². The third kappa shape index (κ3) is 5.15. The molecule has 0 saturated heterocycles. The number of nitrogens with zero attached hydrogens (tertiary/aromatic N) is 3. The summed E-state index contributed by atoms with van der Waals surface area (Å²) >= 11 is 1.32. The standard InChI is InChI=1S/C31H30N4O3S/c1-19-8-6-7-9-25(19)33-29(36)27-20(2)32-31-35(28(27)22-12-14-23(15-13-22)34(3)4)30(37)26(39-31)18-21-10-16-24(38-5)17-11-21/h6-18,28H,1-5H3,(H,33,36)/t28-/m0/s1. The van der Waals surface area contributed by atoms with Gasteiger partial charge in [-0.2, -0.15) is 0 Å². The SMILES string of the molecule is COc1ccc(C=c2sc3n(c2=O)[C@@H](c2ccc(N(C)C)cc2)C(C(=O)Nc2ccccc2C)=C(C)N=3)cc1. The number of para-hydroxylation sites is 1. The van der Waals surface area contributed by atoms with Crippen LogP contribution in [-0.4, -0.2) is 31.7 Å². The summed E-state index contributed by atoms with van der Waals surface area (Å²) in [5.41, 5.74) is 5.25. The van der Waals surface area contributed by atoms with Gasteiger partial charge in [0.05, 0.1) is 29.0 Å². The summed E-state index contributed by atoms with van der Waals surface area (Å²) in [6, 6.07) is 22.5. The number of aromatic nitrogens is 1. The van der Waals surface area contributed by atoms with Gasteiger partial charge in [0, 0.05) is 25.5 Å². The van der Waals surface area contributed by atoms with Crippen molar-refractivity contribution in [2.45, 2.75) is 19.9 Å². The fraction of sp³-hybridized carbons (Fsp3) is 0.194.